The van der Waals surface area contributed by atoms with Crippen LogP contribution in [0.25, 0.3) is 10.9 Å². The van der Waals surface area contributed by atoms with Gasteiger partial charge in [0.1, 0.15) is 17.8 Å². The molecule has 0 saturated carbocycles. The van der Waals surface area contributed by atoms with E-state index >= 15 is 0 Å². The second-order valence-electron chi connectivity index (χ2n) is 6.49. The van der Waals surface area contributed by atoms with E-state index in [0.29, 0.717) is 5.39 Å². The van der Waals surface area contributed by atoms with Gasteiger partial charge in [0, 0.05) is 6.20 Å². The summed E-state index contributed by atoms with van der Waals surface area (Å²) < 4.78 is 12.1. The quantitative estimate of drug-likeness (QED) is 0.375. The van der Waals surface area contributed by atoms with E-state index in [4.69, 9.17) is 9.47 Å². The number of methoxy groups -OCH3 is 1. The average Bonchev–Trinajstić information content (AvgIpc) is 3.05. The van der Waals surface area contributed by atoms with E-state index in [-0.39, 0.29) is 23.2 Å². The summed E-state index contributed by atoms with van der Waals surface area (Å²) in [6.45, 7) is 0.852. The summed E-state index contributed by atoms with van der Waals surface area (Å²) in [5, 5.41) is 33.4. The van der Waals surface area contributed by atoms with Gasteiger partial charge in [-0.25, -0.2) is 0 Å². The Morgan fingerprint density at radius 2 is 2.19 bits per heavy atom. The maximum Gasteiger partial charge on any atom is 0.337 e. The van der Waals surface area contributed by atoms with Gasteiger partial charge in [0.2, 0.25) is 0 Å². The van der Waals surface area contributed by atoms with Crippen LogP contribution >= 0.6 is 0 Å². The monoisotopic (exact) mass is 379 g/mol. The average molecular weight is 379 g/mol. The van der Waals surface area contributed by atoms with E-state index in [1.807, 2.05) is 0 Å². The Morgan fingerprint density at radius 1 is 1.44 bits per heavy atom. The fourth-order valence-corrected chi connectivity index (χ4v) is 3.32. The number of hydrogen-bond donors (Lipinski definition) is 5. The number of H-pyrrole nitrogens is 1. The zero-order chi connectivity index (χ0) is 19.5. The number of rotatable bonds is 2. The number of nitrogens with zero attached hydrogens (tertiary/aromatic N) is 3. The number of aliphatic imine (C=N–C) groups is 1. The molecule has 0 aliphatic carbocycles. The molecule has 4 rings (SSSR count). The smallest absolute Gasteiger partial charge is 0.337 e. The highest BCUT2D eigenvalue weighted by Crippen LogP contribution is 2.44. The molecule has 2 aliphatic rings. The third kappa shape index (κ3) is 2.45. The second-order valence-corrected chi connectivity index (χ2v) is 6.49. The van der Waals surface area contributed by atoms with Gasteiger partial charge in [-0.2, -0.15) is 9.98 Å². The number of nitrogens with one attached hydrogen (secondary N) is 2. The molecule has 0 aromatic carbocycles. The Morgan fingerprint density at radius 3 is 2.81 bits per heavy atom. The predicted octanol–water partition coefficient (Wildman–Crippen LogP) is -1.85. The van der Waals surface area contributed by atoms with Gasteiger partial charge in [-0.3, -0.25) is 14.9 Å². The largest absolute Gasteiger partial charge is 0.468 e. The molecule has 1 unspecified atom stereocenters. The van der Waals surface area contributed by atoms with Crippen molar-refractivity contribution in [1.29, 1.82) is 0 Å². The Balaban J connectivity index is 2.01. The molecular weight excluding hydrogens is 362 g/mol. The molecule has 1 saturated heterocycles. The highest BCUT2D eigenvalue weighted by Gasteiger charge is 2.53. The molecule has 27 heavy (non-hydrogen) atoms. The Bertz CT molecular complexity index is 1070. The number of aliphatic hydroxyl groups excluding tert-OH is 2. The number of aromatic nitrogens is 3. The predicted molar refractivity (Wildman–Crippen MR) is 92.0 cm³/mol. The minimum atomic E-state index is -1.77. The van der Waals surface area contributed by atoms with E-state index in [1.54, 1.807) is 0 Å². The highest BCUT2D eigenvalue weighted by molar-refractivity contribution is 6.08. The van der Waals surface area contributed by atoms with Gasteiger partial charge in [-0.1, -0.05) is 0 Å². The number of aromatic amines is 1. The summed E-state index contributed by atoms with van der Waals surface area (Å²) >= 11 is 0. The van der Waals surface area contributed by atoms with Crippen LogP contribution in [-0.2, 0) is 9.47 Å². The maximum absolute atomic E-state index is 11.9. The maximum atomic E-state index is 11.9. The van der Waals surface area contributed by atoms with Crippen molar-refractivity contribution >= 4 is 28.6 Å². The first-order chi connectivity index (χ1) is 12.8. The second kappa shape index (κ2) is 5.85. The molecule has 2 aromatic heterocycles. The van der Waals surface area contributed by atoms with Crippen LogP contribution in [0.5, 0.6) is 0 Å². The van der Waals surface area contributed by atoms with E-state index < -0.39 is 41.8 Å². The van der Waals surface area contributed by atoms with Crippen LogP contribution in [-0.4, -0.2) is 67.4 Å². The van der Waals surface area contributed by atoms with Gasteiger partial charge in [-0.15, -0.1) is 0 Å². The number of hydrogen-bond acceptors (Lipinski definition) is 10. The summed E-state index contributed by atoms with van der Waals surface area (Å²) in [7, 11) is 1.35. The molecule has 12 nitrogen and oxygen atoms in total. The van der Waals surface area contributed by atoms with Gasteiger partial charge in [0.05, 0.1) is 24.6 Å². The molecule has 0 amide bonds. The first-order valence-electron chi connectivity index (χ1n) is 8.03. The highest BCUT2D eigenvalue weighted by atomic mass is 16.6. The fraction of sp³-hybridized carbons (Fsp3) is 0.467. The lowest BCUT2D eigenvalue weighted by Gasteiger charge is -2.28. The summed E-state index contributed by atoms with van der Waals surface area (Å²) in [6.07, 6.45) is -2.11. The van der Waals surface area contributed by atoms with Gasteiger partial charge < -0.3 is 34.3 Å². The van der Waals surface area contributed by atoms with Crippen LogP contribution in [0.3, 0.4) is 0 Å². The summed E-state index contributed by atoms with van der Waals surface area (Å²) in [5.41, 5.74) is -3.49. The van der Waals surface area contributed by atoms with Crippen LogP contribution in [0, 0.1) is 0 Å². The first-order valence-corrected chi connectivity index (χ1v) is 8.03. The van der Waals surface area contributed by atoms with Crippen LogP contribution < -0.4 is 16.4 Å². The normalized spacial score (nSPS) is 29.5. The van der Waals surface area contributed by atoms with Crippen LogP contribution in [0.4, 0.5) is 11.6 Å². The van der Waals surface area contributed by atoms with Crippen LogP contribution in [0.2, 0.25) is 0 Å². The SMILES string of the molecule is COC1=Nc2c3c(nc(=O)c(=O)[nH]c3cn2C2O[C@H](CO)[C@@H](O)[C@@]2(C)O)N1. The van der Waals surface area contributed by atoms with Crippen LogP contribution in [0.1, 0.15) is 13.2 Å². The Kier molecular flexibility index (Phi) is 3.82. The van der Waals surface area contributed by atoms with E-state index in [2.05, 4.69) is 20.3 Å². The molecule has 0 bridgehead atoms. The molecule has 4 atom stereocenters. The van der Waals surface area contributed by atoms with Crippen molar-refractivity contribution in [1.82, 2.24) is 14.5 Å². The third-order valence-corrected chi connectivity index (χ3v) is 4.71. The summed E-state index contributed by atoms with van der Waals surface area (Å²) in [4.78, 5) is 34.1. The number of ether oxygens (including phenoxy) is 2. The van der Waals surface area contributed by atoms with Crippen molar-refractivity contribution in [3.8, 4) is 0 Å². The minimum Gasteiger partial charge on any atom is -0.468 e. The molecule has 1 fully saturated rings. The molecule has 2 aliphatic heterocycles. The standard InChI is InChI=1S/C15H17N5O7/c1-15(25)8(22)6(4-21)27-13(15)20-3-5-7-9(17-12(24)11(23)16-5)18-14(26-2)19-10(7)20/h3,6,8,13,21-22,25H,4H2,1-2H3,(H,16,23)(H,17,18,19,24)/t6-,8-,13?,15-/m1/s1. The van der Waals surface area contributed by atoms with Gasteiger partial charge in [-0.05, 0) is 6.92 Å². The number of amidine groups is 1. The van der Waals surface area contributed by atoms with Crippen LogP contribution in [0.15, 0.2) is 20.8 Å². The van der Waals surface area contributed by atoms with Crippen molar-refractivity contribution in [2.45, 2.75) is 31.0 Å². The minimum absolute atomic E-state index is 0.00574. The van der Waals surface area contributed by atoms with E-state index in [1.165, 1.54) is 24.8 Å². The van der Waals surface area contributed by atoms with E-state index in [9.17, 15) is 24.9 Å². The van der Waals surface area contributed by atoms with Crippen molar-refractivity contribution in [3.63, 3.8) is 0 Å². The molecule has 12 heteroatoms. The fourth-order valence-electron chi connectivity index (χ4n) is 3.32. The molecule has 5 N–H and O–H groups in total. The lowest BCUT2D eigenvalue weighted by Crippen LogP contribution is -2.44. The van der Waals surface area contributed by atoms with Crippen molar-refractivity contribution in [2.24, 2.45) is 4.99 Å². The molecule has 0 radical (unpaired) electrons. The Labute approximate surface area is 150 Å². The van der Waals surface area contributed by atoms with Gasteiger partial charge in [0.25, 0.3) is 6.02 Å². The zero-order valence-corrected chi connectivity index (χ0v) is 14.3. The molecule has 144 valence electrons. The number of anilines is 1. The third-order valence-electron chi connectivity index (χ3n) is 4.71. The first kappa shape index (κ1) is 17.6. The Hall–Kier alpha value is -2.80. The van der Waals surface area contributed by atoms with E-state index in [0.717, 1.165) is 0 Å². The molecule has 2 aromatic rings. The lowest BCUT2D eigenvalue weighted by molar-refractivity contribution is -0.0955. The molecular formula is C15H17N5O7. The van der Waals surface area contributed by atoms with Crippen molar-refractivity contribution in [3.05, 3.63) is 26.9 Å². The van der Waals surface area contributed by atoms with Crippen molar-refractivity contribution < 1.29 is 24.8 Å². The van der Waals surface area contributed by atoms with Crippen molar-refractivity contribution in [2.75, 3.05) is 19.0 Å². The molecule has 4 heterocycles. The zero-order valence-electron chi connectivity index (χ0n) is 14.3. The lowest BCUT2D eigenvalue weighted by atomic mass is 9.96. The topological polar surface area (TPSA) is 171 Å². The molecule has 0 spiro atoms. The summed E-state index contributed by atoms with van der Waals surface area (Å²) in [6, 6.07) is 0.00574. The summed E-state index contributed by atoms with van der Waals surface area (Å²) in [5.74, 6) is 0.233. The van der Waals surface area contributed by atoms with Gasteiger partial charge >= 0.3 is 11.1 Å². The number of aliphatic hydroxyl groups is 3. The van der Waals surface area contributed by atoms with Gasteiger partial charge in [0.15, 0.2) is 17.9 Å².